The van der Waals surface area contributed by atoms with Crippen molar-refractivity contribution < 1.29 is 14.3 Å². The molecule has 0 unspecified atom stereocenters. The summed E-state index contributed by atoms with van der Waals surface area (Å²) in [5, 5.41) is 2.92. The van der Waals surface area contributed by atoms with Crippen molar-refractivity contribution in [3.8, 4) is 5.88 Å². The van der Waals surface area contributed by atoms with Crippen molar-refractivity contribution >= 4 is 11.8 Å². The summed E-state index contributed by atoms with van der Waals surface area (Å²) >= 11 is 0. The summed E-state index contributed by atoms with van der Waals surface area (Å²) < 4.78 is 4.98. The number of likely N-dealkylation sites (tertiary alicyclic amines) is 1. The molecule has 1 atom stereocenters. The van der Waals surface area contributed by atoms with E-state index in [0.29, 0.717) is 30.8 Å². The second-order valence-electron chi connectivity index (χ2n) is 4.57. The molecule has 0 aliphatic carbocycles. The molecule has 0 radical (unpaired) electrons. The molecule has 1 N–H and O–H groups in total. The first-order valence-electron chi connectivity index (χ1n) is 6.15. The highest BCUT2D eigenvalue weighted by Crippen LogP contribution is 2.12. The third-order valence-electron chi connectivity index (χ3n) is 3.17. The minimum absolute atomic E-state index is 0.00522. The van der Waals surface area contributed by atoms with E-state index in [9.17, 15) is 9.59 Å². The Bertz CT molecular complexity index is 490. The maximum Gasteiger partial charge on any atom is 0.251 e. The molecule has 0 saturated carbocycles. The number of aromatic nitrogens is 1. The number of carbonyl (C=O) groups is 2. The highest BCUT2D eigenvalue weighted by Gasteiger charge is 2.24. The van der Waals surface area contributed by atoms with E-state index in [-0.39, 0.29) is 17.9 Å². The first kappa shape index (κ1) is 13.3. The number of pyridine rings is 1. The van der Waals surface area contributed by atoms with Gasteiger partial charge in [0.05, 0.1) is 7.11 Å². The van der Waals surface area contributed by atoms with E-state index in [1.54, 1.807) is 24.1 Å². The van der Waals surface area contributed by atoms with Crippen LogP contribution in [0.3, 0.4) is 0 Å². The van der Waals surface area contributed by atoms with Crippen LogP contribution in [-0.4, -0.2) is 48.4 Å². The van der Waals surface area contributed by atoms with Gasteiger partial charge in [-0.1, -0.05) is 0 Å². The lowest BCUT2D eigenvalue weighted by atomic mass is 10.1. The molecule has 2 heterocycles. The summed E-state index contributed by atoms with van der Waals surface area (Å²) in [5.41, 5.74) is 0.506. The first-order valence-corrected chi connectivity index (χ1v) is 6.15. The van der Waals surface area contributed by atoms with Crippen molar-refractivity contribution in [3.05, 3.63) is 23.9 Å². The lowest BCUT2D eigenvalue weighted by Gasteiger charge is -2.30. The van der Waals surface area contributed by atoms with Crippen molar-refractivity contribution in [2.24, 2.45) is 0 Å². The van der Waals surface area contributed by atoms with Gasteiger partial charge in [0.1, 0.15) is 0 Å². The van der Waals surface area contributed by atoms with Crippen LogP contribution in [-0.2, 0) is 4.79 Å². The Balaban J connectivity index is 1.99. The van der Waals surface area contributed by atoms with Gasteiger partial charge in [0.25, 0.3) is 5.91 Å². The molecule has 1 aliphatic heterocycles. The van der Waals surface area contributed by atoms with Crippen LogP contribution >= 0.6 is 0 Å². The van der Waals surface area contributed by atoms with Crippen LogP contribution in [0.4, 0.5) is 0 Å². The van der Waals surface area contributed by atoms with E-state index in [1.165, 1.54) is 13.3 Å². The standard InChI is InChI=1S/C13H17N3O3/c1-16-8-10(3-4-12(16)17)15-13(18)9-5-6-14-11(7-9)19-2/h5-7,10H,3-4,8H2,1-2H3,(H,15,18)/t10-/m1/s1. The van der Waals surface area contributed by atoms with Gasteiger partial charge in [-0.15, -0.1) is 0 Å². The quantitative estimate of drug-likeness (QED) is 0.859. The monoisotopic (exact) mass is 263 g/mol. The Labute approximate surface area is 111 Å². The minimum Gasteiger partial charge on any atom is -0.481 e. The average Bonchev–Trinajstić information content (AvgIpc) is 2.43. The largest absolute Gasteiger partial charge is 0.481 e. The van der Waals surface area contributed by atoms with Crippen LogP contribution in [0.15, 0.2) is 18.3 Å². The Hall–Kier alpha value is -2.11. The molecule has 1 saturated heterocycles. The van der Waals surface area contributed by atoms with Gasteiger partial charge in [0.15, 0.2) is 0 Å². The van der Waals surface area contributed by atoms with Crippen molar-refractivity contribution in [2.75, 3.05) is 20.7 Å². The number of ether oxygens (including phenoxy) is 1. The van der Waals surface area contributed by atoms with Crippen LogP contribution in [0.5, 0.6) is 5.88 Å². The van der Waals surface area contributed by atoms with Gasteiger partial charge in [0.2, 0.25) is 11.8 Å². The number of likely N-dealkylation sites (N-methyl/N-ethyl adjacent to an activating group) is 1. The lowest BCUT2D eigenvalue weighted by Crippen LogP contribution is -2.48. The first-order chi connectivity index (χ1) is 9.10. The van der Waals surface area contributed by atoms with E-state index in [1.807, 2.05) is 0 Å². The SMILES string of the molecule is COc1cc(C(=O)N[C@@H]2CCC(=O)N(C)C2)ccn1. The van der Waals surface area contributed by atoms with Gasteiger partial charge < -0.3 is 15.0 Å². The molecule has 6 heteroatoms. The molecule has 102 valence electrons. The summed E-state index contributed by atoms with van der Waals surface area (Å²) in [6.07, 6.45) is 2.68. The average molecular weight is 263 g/mol. The van der Waals surface area contributed by atoms with Crippen LogP contribution in [0.2, 0.25) is 0 Å². The van der Waals surface area contributed by atoms with Gasteiger partial charge in [0, 0.05) is 43.9 Å². The van der Waals surface area contributed by atoms with E-state index >= 15 is 0 Å². The number of rotatable bonds is 3. The Kier molecular flexibility index (Phi) is 3.99. The van der Waals surface area contributed by atoms with Gasteiger partial charge in [-0.2, -0.15) is 0 Å². The second kappa shape index (κ2) is 5.69. The van der Waals surface area contributed by atoms with Crippen LogP contribution in [0, 0.1) is 0 Å². The lowest BCUT2D eigenvalue weighted by molar-refractivity contribution is -0.132. The zero-order valence-electron chi connectivity index (χ0n) is 11.0. The highest BCUT2D eigenvalue weighted by molar-refractivity contribution is 5.94. The number of amides is 2. The smallest absolute Gasteiger partial charge is 0.251 e. The number of carbonyl (C=O) groups excluding carboxylic acids is 2. The molecule has 6 nitrogen and oxygen atoms in total. The van der Waals surface area contributed by atoms with Gasteiger partial charge >= 0.3 is 0 Å². The fourth-order valence-electron chi connectivity index (χ4n) is 2.06. The number of nitrogens with one attached hydrogen (secondary N) is 1. The number of piperidine rings is 1. The fraction of sp³-hybridized carbons (Fsp3) is 0.462. The van der Waals surface area contributed by atoms with Gasteiger partial charge in [-0.25, -0.2) is 4.98 Å². The fourth-order valence-corrected chi connectivity index (χ4v) is 2.06. The summed E-state index contributed by atoms with van der Waals surface area (Å²) in [7, 11) is 3.25. The van der Waals surface area contributed by atoms with E-state index in [2.05, 4.69) is 10.3 Å². The molecule has 2 amide bonds. The molecule has 0 aromatic carbocycles. The highest BCUT2D eigenvalue weighted by atomic mass is 16.5. The molecule has 1 aromatic heterocycles. The molecule has 0 bridgehead atoms. The molecule has 1 aliphatic rings. The molecule has 1 fully saturated rings. The summed E-state index contributed by atoms with van der Waals surface area (Å²) in [4.78, 5) is 29.0. The Morgan fingerprint density at radius 1 is 1.58 bits per heavy atom. The predicted octanol–water partition coefficient (Wildman–Crippen LogP) is 0.441. The van der Waals surface area contributed by atoms with E-state index in [4.69, 9.17) is 4.74 Å². The molecule has 19 heavy (non-hydrogen) atoms. The summed E-state index contributed by atoms with van der Waals surface area (Å²) in [6.45, 7) is 0.548. The molecule has 2 rings (SSSR count). The summed E-state index contributed by atoms with van der Waals surface area (Å²) in [6, 6.07) is 3.22. The van der Waals surface area contributed by atoms with Crippen LogP contribution in [0.1, 0.15) is 23.2 Å². The van der Waals surface area contributed by atoms with Gasteiger partial charge in [-0.3, -0.25) is 9.59 Å². The Morgan fingerprint density at radius 2 is 2.37 bits per heavy atom. The van der Waals surface area contributed by atoms with Crippen molar-refractivity contribution in [2.45, 2.75) is 18.9 Å². The minimum atomic E-state index is -0.173. The zero-order valence-corrected chi connectivity index (χ0v) is 11.0. The maximum absolute atomic E-state index is 12.1. The van der Waals surface area contributed by atoms with Crippen LogP contribution in [0.25, 0.3) is 0 Å². The molecular weight excluding hydrogens is 246 g/mol. The molecular formula is C13H17N3O3. The van der Waals surface area contributed by atoms with Crippen LogP contribution < -0.4 is 10.1 Å². The normalized spacial score (nSPS) is 19.2. The number of nitrogens with zero attached hydrogens (tertiary/aromatic N) is 2. The van der Waals surface area contributed by atoms with E-state index < -0.39 is 0 Å². The van der Waals surface area contributed by atoms with Crippen molar-refractivity contribution in [1.29, 1.82) is 0 Å². The third kappa shape index (κ3) is 3.21. The molecule has 1 aromatic rings. The maximum atomic E-state index is 12.1. The van der Waals surface area contributed by atoms with Gasteiger partial charge in [-0.05, 0) is 12.5 Å². The topological polar surface area (TPSA) is 71.5 Å². The second-order valence-corrected chi connectivity index (χ2v) is 4.57. The zero-order chi connectivity index (χ0) is 13.8. The molecule has 0 spiro atoms. The van der Waals surface area contributed by atoms with E-state index in [0.717, 1.165) is 0 Å². The summed E-state index contributed by atoms with van der Waals surface area (Å²) in [5.74, 6) is 0.355. The number of methoxy groups -OCH3 is 1. The van der Waals surface area contributed by atoms with Crippen molar-refractivity contribution in [3.63, 3.8) is 0 Å². The number of hydrogen-bond donors (Lipinski definition) is 1. The predicted molar refractivity (Wildman–Crippen MR) is 68.9 cm³/mol. The number of hydrogen-bond acceptors (Lipinski definition) is 4. The third-order valence-corrected chi connectivity index (χ3v) is 3.17. The Morgan fingerprint density at radius 3 is 3.05 bits per heavy atom. The van der Waals surface area contributed by atoms with Crippen molar-refractivity contribution in [1.82, 2.24) is 15.2 Å².